The maximum atomic E-state index is 12.1. The molecule has 1 aromatic heterocycles. The van der Waals surface area contributed by atoms with Crippen LogP contribution >= 0.6 is 11.8 Å². The molecule has 1 saturated carbocycles. The Hall–Kier alpha value is -2.53. The van der Waals surface area contributed by atoms with Crippen LogP contribution in [0.5, 0.6) is 5.75 Å². The quantitative estimate of drug-likeness (QED) is 0.746. The Morgan fingerprint density at radius 2 is 2.23 bits per heavy atom. The second-order valence-corrected chi connectivity index (χ2v) is 7.23. The summed E-state index contributed by atoms with van der Waals surface area (Å²) in [7, 11) is 0. The van der Waals surface area contributed by atoms with E-state index in [4.69, 9.17) is 9.15 Å². The van der Waals surface area contributed by atoms with E-state index in [1.807, 2.05) is 31.2 Å². The number of rotatable bonds is 7. The van der Waals surface area contributed by atoms with Gasteiger partial charge in [0, 0.05) is 0 Å². The van der Waals surface area contributed by atoms with Crippen molar-refractivity contribution in [2.24, 2.45) is 0 Å². The fourth-order valence-electron chi connectivity index (χ4n) is 2.88. The summed E-state index contributed by atoms with van der Waals surface area (Å²) in [6, 6.07) is 9.92. The van der Waals surface area contributed by atoms with Crippen molar-refractivity contribution in [3.8, 4) is 11.8 Å². The lowest BCUT2D eigenvalue weighted by Gasteiger charge is -2.21. The molecule has 1 N–H and O–H groups in total. The van der Waals surface area contributed by atoms with Crippen LogP contribution in [0.1, 0.15) is 37.1 Å². The van der Waals surface area contributed by atoms with Crippen molar-refractivity contribution >= 4 is 17.7 Å². The number of hydrogen-bond donors (Lipinski definition) is 1. The van der Waals surface area contributed by atoms with Gasteiger partial charge in [-0.05, 0) is 50.3 Å². The highest BCUT2D eigenvalue weighted by Gasteiger charge is 2.35. The molecule has 1 aromatic carbocycles. The lowest BCUT2D eigenvalue weighted by atomic mass is 10.0. The standard InChI is InChI=1S/C18H20N4O3S/c1-13-5-4-6-14(9-13)24-10-16-21-22-17(25-16)26-11-15(23)20-18(12-19)7-2-3-8-18/h4-6,9H,2-3,7-8,10-11H2,1H3,(H,20,23). The number of nitriles is 1. The van der Waals surface area contributed by atoms with Crippen molar-refractivity contribution in [1.29, 1.82) is 5.26 Å². The van der Waals surface area contributed by atoms with Crippen LogP contribution in [0.15, 0.2) is 33.9 Å². The van der Waals surface area contributed by atoms with Gasteiger partial charge in [-0.15, -0.1) is 10.2 Å². The van der Waals surface area contributed by atoms with Gasteiger partial charge in [0.25, 0.3) is 11.1 Å². The molecule has 2 aromatic rings. The molecule has 0 spiro atoms. The zero-order valence-electron chi connectivity index (χ0n) is 14.5. The molecular weight excluding hydrogens is 352 g/mol. The number of carbonyl (C=O) groups excluding carboxylic acids is 1. The summed E-state index contributed by atoms with van der Waals surface area (Å²) >= 11 is 1.15. The zero-order chi connectivity index (χ0) is 18.4. The topological polar surface area (TPSA) is 101 Å². The maximum absolute atomic E-state index is 12.1. The minimum absolute atomic E-state index is 0.129. The first-order valence-electron chi connectivity index (χ1n) is 8.45. The SMILES string of the molecule is Cc1cccc(OCc2nnc(SCC(=O)NC3(C#N)CCCC3)o2)c1. The fourth-order valence-corrected chi connectivity index (χ4v) is 3.46. The van der Waals surface area contributed by atoms with Crippen LogP contribution in [0.3, 0.4) is 0 Å². The highest BCUT2D eigenvalue weighted by Crippen LogP contribution is 2.29. The van der Waals surface area contributed by atoms with Gasteiger partial charge in [0.15, 0.2) is 6.61 Å². The average Bonchev–Trinajstić information content (AvgIpc) is 3.28. The smallest absolute Gasteiger partial charge is 0.277 e. The number of ether oxygens (including phenoxy) is 1. The number of benzene rings is 1. The van der Waals surface area contributed by atoms with E-state index < -0.39 is 5.54 Å². The molecule has 1 amide bonds. The Bertz CT molecular complexity index is 809. The molecule has 1 aliphatic rings. The van der Waals surface area contributed by atoms with E-state index in [9.17, 15) is 10.1 Å². The van der Waals surface area contributed by atoms with Crippen LogP contribution in [-0.2, 0) is 11.4 Å². The van der Waals surface area contributed by atoms with Crippen LogP contribution in [0.25, 0.3) is 0 Å². The molecule has 0 saturated heterocycles. The van der Waals surface area contributed by atoms with Crippen molar-refractivity contribution in [3.63, 3.8) is 0 Å². The number of hydrogen-bond acceptors (Lipinski definition) is 7. The van der Waals surface area contributed by atoms with Gasteiger partial charge >= 0.3 is 0 Å². The normalized spacial score (nSPS) is 15.4. The molecule has 26 heavy (non-hydrogen) atoms. The number of amides is 1. The zero-order valence-corrected chi connectivity index (χ0v) is 15.3. The van der Waals surface area contributed by atoms with Gasteiger partial charge in [-0.1, -0.05) is 23.9 Å². The minimum atomic E-state index is -0.709. The van der Waals surface area contributed by atoms with Gasteiger partial charge < -0.3 is 14.5 Å². The first-order chi connectivity index (χ1) is 12.6. The molecule has 0 atom stereocenters. The van der Waals surface area contributed by atoms with E-state index in [0.717, 1.165) is 35.9 Å². The van der Waals surface area contributed by atoms with Gasteiger partial charge in [-0.25, -0.2) is 0 Å². The Labute approximate surface area is 156 Å². The van der Waals surface area contributed by atoms with Crippen molar-refractivity contribution in [1.82, 2.24) is 15.5 Å². The van der Waals surface area contributed by atoms with E-state index >= 15 is 0 Å². The molecule has 1 heterocycles. The van der Waals surface area contributed by atoms with Gasteiger partial charge in [-0.2, -0.15) is 5.26 Å². The summed E-state index contributed by atoms with van der Waals surface area (Å²) in [4.78, 5) is 12.1. The van der Waals surface area contributed by atoms with Gasteiger partial charge in [0.1, 0.15) is 11.3 Å². The highest BCUT2D eigenvalue weighted by atomic mass is 32.2. The number of carbonyl (C=O) groups is 1. The maximum Gasteiger partial charge on any atom is 0.277 e. The van der Waals surface area contributed by atoms with E-state index in [1.165, 1.54) is 0 Å². The number of aryl methyl sites for hydroxylation is 1. The Kier molecular flexibility index (Phi) is 5.78. The molecule has 0 aliphatic heterocycles. The summed E-state index contributed by atoms with van der Waals surface area (Å²) in [6.07, 6.45) is 3.35. The van der Waals surface area contributed by atoms with Crippen molar-refractivity contribution < 1.29 is 13.9 Å². The van der Waals surface area contributed by atoms with Crippen LogP contribution in [0.2, 0.25) is 0 Å². The third kappa shape index (κ3) is 4.76. The summed E-state index contributed by atoms with van der Waals surface area (Å²) in [5.74, 6) is 1.01. The van der Waals surface area contributed by atoms with Crippen LogP contribution in [-0.4, -0.2) is 27.4 Å². The monoisotopic (exact) mass is 372 g/mol. The molecular formula is C18H20N4O3S. The Balaban J connectivity index is 1.46. The molecule has 8 heteroatoms. The molecule has 0 radical (unpaired) electrons. The van der Waals surface area contributed by atoms with E-state index in [0.29, 0.717) is 24.0 Å². The largest absolute Gasteiger partial charge is 0.484 e. The fraction of sp³-hybridized carbons (Fsp3) is 0.444. The van der Waals surface area contributed by atoms with E-state index in [2.05, 4.69) is 21.6 Å². The van der Waals surface area contributed by atoms with Gasteiger partial charge in [0.05, 0.1) is 11.8 Å². The van der Waals surface area contributed by atoms with Gasteiger partial charge in [0.2, 0.25) is 5.91 Å². The van der Waals surface area contributed by atoms with Crippen LogP contribution in [0.4, 0.5) is 0 Å². The predicted octanol–water partition coefficient (Wildman–Crippen LogP) is 3.00. The number of nitrogens with one attached hydrogen (secondary N) is 1. The predicted molar refractivity (Wildman–Crippen MR) is 95.5 cm³/mol. The molecule has 1 aliphatic carbocycles. The minimum Gasteiger partial charge on any atom is -0.484 e. The second kappa shape index (κ2) is 8.23. The van der Waals surface area contributed by atoms with Crippen molar-refractivity contribution in [3.05, 3.63) is 35.7 Å². The third-order valence-corrected chi connectivity index (χ3v) is 5.00. The van der Waals surface area contributed by atoms with E-state index in [-0.39, 0.29) is 18.3 Å². The first-order valence-corrected chi connectivity index (χ1v) is 9.44. The van der Waals surface area contributed by atoms with Crippen LogP contribution in [0, 0.1) is 18.3 Å². The summed E-state index contributed by atoms with van der Waals surface area (Å²) in [6.45, 7) is 2.15. The summed E-state index contributed by atoms with van der Waals surface area (Å²) in [5.41, 5.74) is 0.395. The van der Waals surface area contributed by atoms with Crippen LogP contribution < -0.4 is 10.1 Å². The van der Waals surface area contributed by atoms with Gasteiger partial charge in [-0.3, -0.25) is 4.79 Å². The van der Waals surface area contributed by atoms with E-state index in [1.54, 1.807) is 0 Å². The molecule has 3 rings (SSSR count). The average molecular weight is 372 g/mol. The Morgan fingerprint density at radius 1 is 1.42 bits per heavy atom. The Morgan fingerprint density at radius 3 is 2.96 bits per heavy atom. The first kappa shape index (κ1) is 18.3. The number of nitrogens with zero attached hydrogens (tertiary/aromatic N) is 3. The summed E-state index contributed by atoms with van der Waals surface area (Å²) < 4.78 is 11.1. The molecule has 0 bridgehead atoms. The number of thioether (sulfide) groups is 1. The number of aromatic nitrogens is 2. The highest BCUT2D eigenvalue weighted by molar-refractivity contribution is 7.99. The van der Waals surface area contributed by atoms with Crippen molar-refractivity contribution in [2.45, 2.75) is 50.0 Å². The molecule has 1 fully saturated rings. The summed E-state index contributed by atoms with van der Waals surface area (Å²) in [5, 5.41) is 20.3. The lowest BCUT2D eigenvalue weighted by Crippen LogP contribution is -2.45. The molecule has 136 valence electrons. The van der Waals surface area contributed by atoms with Crippen molar-refractivity contribution in [2.75, 3.05) is 5.75 Å². The third-order valence-electron chi connectivity index (χ3n) is 4.18. The lowest BCUT2D eigenvalue weighted by molar-refractivity contribution is -0.119. The molecule has 0 unspecified atom stereocenters. The second-order valence-electron chi connectivity index (χ2n) is 6.30. The molecule has 7 nitrogen and oxygen atoms in total.